The summed E-state index contributed by atoms with van der Waals surface area (Å²) < 4.78 is 6.64. The van der Waals surface area contributed by atoms with Crippen molar-refractivity contribution in [3.05, 3.63) is 59.7 Å². The maximum atomic E-state index is 11.8. The number of nitrogens with one attached hydrogen (secondary N) is 1. The van der Waals surface area contributed by atoms with Crippen LogP contribution in [0.15, 0.2) is 48.5 Å². The van der Waals surface area contributed by atoms with E-state index in [1.165, 1.54) is 22.3 Å². The van der Waals surface area contributed by atoms with Crippen LogP contribution in [0.5, 0.6) is 0 Å². The summed E-state index contributed by atoms with van der Waals surface area (Å²) >= 11 is 0. The molecule has 28 heavy (non-hydrogen) atoms. The van der Waals surface area contributed by atoms with Crippen LogP contribution >= 0.6 is 0 Å². The number of piperidine rings is 1. The number of amides is 1. The fourth-order valence-electron chi connectivity index (χ4n) is 5.29. The Hall–Kier alpha value is -2.37. The average Bonchev–Trinajstić information content (AvgIpc) is 3.02. The molecule has 2 saturated heterocycles. The van der Waals surface area contributed by atoms with E-state index in [1.807, 2.05) is 0 Å². The van der Waals surface area contributed by atoms with Crippen LogP contribution < -0.4 is 5.32 Å². The first-order valence-electron chi connectivity index (χ1n) is 10.2. The molecule has 2 aromatic rings. The summed E-state index contributed by atoms with van der Waals surface area (Å²) in [4.78, 5) is 13.4. The molecule has 5 heteroatoms. The van der Waals surface area contributed by atoms with Gasteiger partial charge in [0.1, 0.15) is 0 Å². The van der Waals surface area contributed by atoms with Crippen LogP contribution in [0, 0.1) is 0 Å². The number of ether oxygens (including phenoxy) is 1. The second kappa shape index (κ2) is 6.90. The number of rotatable bonds is 2. The highest BCUT2D eigenvalue weighted by molar-refractivity contribution is 5.78. The summed E-state index contributed by atoms with van der Waals surface area (Å²) in [5.74, 6) is 0.255. The molecule has 0 bridgehead atoms. The molecule has 0 radical (unpaired) electrons. The van der Waals surface area contributed by atoms with Crippen LogP contribution in [-0.4, -0.2) is 54.0 Å². The SMILES string of the molecule is O=C(O)N1CC(CC2c3ccccc3-c3ccccc32)OC2(CCNCC2)C1. The van der Waals surface area contributed by atoms with Gasteiger partial charge >= 0.3 is 6.09 Å². The fourth-order valence-corrected chi connectivity index (χ4v) is 5.29. The van der Waals surface area contributed by atoms with Crippen molar-refractivity contribution < 1.29 is 14.6 Å². The predicted molar refractivity (Wildman–Crippen MR) is 108 cm³/mol. The number of hydrogen-bond donors (Lipinski definition) is 2. The van der Waals surface area contributed by atoms with Gasteiger partial charge in [-0.15, -0.1) is 0 Å². The highest BCUT2D eigenvalue weighted by Crippen LogP contribution is 2.47. The Morgan fingerprint density at radius 3 is 2.29 bits per heavy atom. The topological polar surface area (TPSA) is 61.8 Å². The van der Waals surface area contributed by atoms with Crippen molar-refractivity contribution >= 4 is 6.09 Å². The quantitative estimate of drug-likeness (QED) is 0.837. The average molecular weight is 378 g/mol. The van der Waals surface area contributed by atoms with E-state index >= 15 is 0 Å². The number of benzene rings is 2. The second-order valence-corrected chi connectivity index (χ2v) is 8.30. The van der Waals surface area contributed by atoms with E-state index in [0.29, 0.717) is 13.1 Å². The number of carbonyl (C=O) groups is 1. The second-order valence-electron chi connectivity index (χ2n) is 8.30. The van der Waals surface area contributed by atoms with Gasteiger partial charge in [-0.2, -0.15) is 0 Å². The van der Waals surface area contributed by atoms with Crippen LogP contribution in [0.25, 0.3) is 11.1 Å². The fraction of sp³-hybridized carbons (Fsp3) is 0.435. The smallest absolute Gasteiger partial charge is 0.407 e. The summed E-state index contributed by atoms with van der Waals surface area (Å²) in [6.07, 6.45) is 1.62. The maximum absolute atomic E-state index is 11.8. The van der Waals surface area contributed by atoms with E-state index in [2.05, 4.69) is 53.8 Å². The predicted octanol–water partition coefficient (Wildman–Crippen LogP) is 3.69. The van der Waals surface area contributed by atoms with E-state index in [0.717, 1.165) is 32.4 Å². The molecule has 2 fully saturated rings. The van der Waals surface area contributed by atoms with Crippen LogP contribution in [0.2, 0.25) is 0 Å². The lowest BCUT2D eigenvalue weighted by Crippen LogP contribution is -2.60. The van der Waals surface area contributed by atoms with Crippen molar-refractivity contribution in [2.45, 2.75) is 36.9 Å². The number of hydrogen-bond acceptors (Lipinski definition) is 3. The number of fused-ring (bicyclic) bond motifs is 3. The molecule has 1 unspecified atom stereocenters. The molecule has 1 atom stereocenters. The Morgan fingerprint density at radius 1 is 1.07 bits per heavy atom. The van der Waals surface area contributed by atoms with Crippen molar-refractivity contribution in [3.63, 3.8) is 0 Å². The van der Waals surface area contributed by atoms with Crippen LogP contribution in [0.4, 0.5) is 4.79 Å². The molecule has 5 nitrogen and oxygen atoms in total. The van der Waals surface area contributed by atoms with Gasteiger partial charge in [-0.3, -0.25) is 0 Å². The maximum Gasteiger partial charge on any atom is 0.407 e. The summed E-state index contributed by atoms with van der Waals surface area (Å²) in [5, 5.41) is 13.1. The first-order valence-corrected chi connectivity index (χ1v) is 10.2. The molecule has 0 aromatic heterocycles. The molecule has 146 valence electrons. The van der Waals surface area contributed by atoms with Crippen molar-refractivity contribution in [3.8, 4) is 11.1 Å². The standard InChI is InChI=1S/C23H26N2O3/c26-22(27)25-14-16(28-23(15-25)9-11-24-12-10-23)13-21-19-7-3-1-5-17(19)18-6-2-4-8-20(18)21/h1-8,16,21,24H,9-15H2,(H,26,27). The lowest BCUT2D eigenvalue weighted by atomic mass is 9.86. The Kier molecular flexibility index (Phi) is 4.37. The van der Waals surface area contributed by atoms with E-state index in [9.17, 15) is 9.90 Å². The van der Waals surface area contributed by atoms with Crippen molar-refractivity contribution in [1.82, 2.24) is 10.2 Å². The molecule has 2 heterocycles. The van der Waals surface area contributed by atoms with Crippen LogP contribution in [0.1, 0.15) is 36.3 Å². The molecule has 5 rings (SSSR count). The third kappa shape index (κ3) is 2.99. The molecular formula is C23H26N2O3. The van der Waals surface area contributed by atoms with Gasteiger partial charge in [0.15, 0.2) is 0 Å². The van der Waals surface area contributed by atoms with Gasteiger partial charge in [-0.1, -0.05) is 48.5 Å². The molecule has 3 aliphatic rings. The Labute approximate surface area is 165 Å². The molecule has 2 aromatic carbocycles. The highest BCUT2D eigenvalue weighted by Gasteiger charge is 2.44. The first-order chi connectivity index (χ1) is 13.7. The van der Waals surface area contributed by atoms with E-state index < -0.39 is 6.09 Å². The van der Waals surface area contributed by atoms with E-state index in [4.69, 9.17) is 4.74 Å². The van der Waals surface area contributed by atoms with Crippen molar-refractivity contribution in [2.24, 2.45) is 0 Å². The third-order valence-electron chi connectivity index (χ3n) is 6.57. The zero-order chi connectivity index (χ0) is 19.1. The zero-order valence-corrected chi connectivity index (χ0v) is 15.9. The molecular weight excluding hydrogens is 352 g/mol. The molecule has 2 N–H and O–H groups in total. The highest BCUT2D eigenvalue weighted by atomic mass is 16.5. The number of carboxylic acid groups (broad SMARTS) is 1. The van der Waals surface area contributed by atoms with Gasteiger partial charge in [0.2, 0.25) is 0 Å². The largest absolute Gasteiger partial charge is 0.465 e. The van der Waals surface area contributed by atoms with Gasteiger partial charge in [0, 0.05) is 5.92 Å². The minimum Gasteiger partial charge on any atom is -0.465 e. The molecule has 0 saturated carbocycles. The van der Waals surface area contributed by atoms with Crippen LogP contribution in [-0.2, 0) is 4.74 Å². The van der Waals surface area contributed by atoms with Crippen molar-refractivity contribution in [2.75, 3.05) is 26.2 Å². The Bertz CT molecular complexity index is 845. The molecule has 1 amide bonds. The Morgan fingerprint density at radius 2 is 1.68 bits per heavy atom. The molecule has 1 aliphatic carbocycles. The zero-order valence-electron chi connectivity index (χ0n) is 15.9. The summed E-state index contributed by atoms with van der Waals surface area (Å²) in [6, 6.07) is 17.2. The lowest BCUT2D eigenvalue weighted by Gasteiger charge is -2.48. The third-order valence-corrected chi connectivity index (χ3v) is 6.57. The molecule has 2 aliphatic heterocycles. The summed E-state index contributed by atoms with van der Waals surface area (Å²) in [7, 11) is 0. The monoisotopic (exact) mass is 378 g/mol. The summed E-state index contributed by atoms with van der Waals surface area (Å²) in [5.41, 5.74) is 4.92. The normalized spacial score (nSPS) is 23.4. The Balaban J connectivity index is 1.45. The molecule has 1 spiro atoms. The van der Waals surface area contributed by atoms with Gasteiger partial charge in [-0.25, -0.2) is 4.79 Å². The van der Waals surface area contributed by atoms with Gasteiger partial charge in [-0.05, 0) is 54.6 Å². The van der Waals surface area contributed by atoms with Crippen molar-refractivity contribution in [1.29, 1.82) is 0 Å². The van der Waals surface area contributed by atoms with Gasteiger partial charge in [0.05, 0.1) is 24.8 Å². The number of nitrogens with zero attached hydrogens (tertiary/aromatic N) is 1. The van der Waals surface area contributed by atoms with Gasteiger partial charge < -0.3 is 20.1 Å². The summed E-state index contributed by atoms with van der Waals surface area (Å²) in [6.45, 7) is 2.70. The minimum atomic E-state index is -0.835. The van der Waals surface area contributed by atoms with Crippen LogP contribution in [0.3, 0.4) is 0 Å². The number of morpholine rings is 1. The first kappa shape index (κ1) is 17.7. The minimum absolute atomic E-state index is 0.0906. The van der Waals surface area contributed by atoms with E-state index in [-0.39, 0.29) is 17.6 Å². The van der Waals surface area contributed by atoms with E-state index in [1.54, 1.807) is 4.90 Å². The van der Waals surface area contributed by atoms with Gasteiger partial charge in [0.25, 0.3) is 0 Å². The lowest BCUT2D eigenvalue weighted by molar-refractivity contribution is -0.162.